The summed E-state index contributed by atoms with van der Waals surface area (Å²) in [6.07, 6.45) is 2.23. The average molecular weight is 172 g/mol. The fraction of sp³-hybridized carbons (Fsp3) is 0.714. The van der Waals surface area contributed by atoms with Crippen molar-refractivity contribution in [2.75, 3.05) is 13.1 Å². The molecule has 0 spiro atoms. The molecular weight excluding hydrogens is 160 g/mol. The zero-order valence-corrected chi connectivity index (χ0v) is 6.67. The first-order valence-electron chi connectivity index (χ1n) is 3.90. The fourth-order valence-electron chi connectivity index (χ4n) is 0.761. The first kappa shape index (κ1) is 8.99. The molecule has 1 saturated carbocycles. The molecule has 0 atom stereocenters. The van der Waals surface area contributed by atoms with Gasteiger partial charge in [0.15, 0.2) is 0 Å². The second-order valence-electron chi connectivity index (χ2n) is 2.83. The summed E-state index contributed by atoms with van der Waals surface area (Å²) in [5.74, 6) is -1.28. The van der Waals surface area contributed by atoms with Gasteiger partial charge in [-0.2, -0.15) is 0 Å². The predicted octanol–water partition coefficient (Wildman–Crippen LogP) is -1.06. The molecule has 0 radical (unpaired) electrons. The van der Waals surface area contributed by atoms with Crippen LogP contribution in [0.1, 0.15) is 12.8 Å². The molecule has 0 unspecified atom stereocenters. The summed E-state index contributed by atoms with van der Waals surface area (Å²) in [5, 5.41) is 13.5. The van der Waals surface area contributed by atoms with Crippen LogP contribution in [0.3, 0.4) is 0 Å². The molecule has 1 fully saturated rings. The molecule has 5 nitrogen and oxygen atoms in total. The molecule has 12 heavy (non-hydrogen) atoms. The molecule has 0 aromatic heterocycles. The summed E-state index contributed by atoms with van der Waals surface area (Å²) < 4.78 is 0. The van der Waals surface area contributed by atoms with E-state index in [1.807, 2.05) is 0 Å². The van der Waals surface area contributed by atoms with Gasteiger partial charge in [0.05, 0.1) is 6.54 Å². The van der Waals surface area contributed by atoms with Crippen LogP contribution in [0.4, 0.5) is 0 Å². The van der Waals surface area contributed by atoms with E-state index in [-0.39, 0.29) is 19.0 Å². The van der Waals surface area contributed by atoms with Crippen LogP contribution in [0.5, 0.6) is 0 Å². The Labute approximate surface area is 70.1 Å². The van der Waals surface area contributed by atoms with E-state index >= 15 is 0 Å². The first-order valence-corrected chi connectivity index (χ1v) is 3.90. The fourth-order valence-corrected chi connectivity index (χ4v) is 0.761. The third kappa shape index (κ3) is 3.92. The number of carboxylic acids is 1. The molecule has 0 saturated heterocycles. The smallest absolute Gasteiger partial charge is 0.322 e. The molecule has 0 bridgehead atoms. The number of hydrogen-bond donors (Lipinski definition) is 3. The molecule has 1 aliphatic carbocycles. The Hall–Kier alpha value is -1.10. The zero-order valence-electron chi connectivity index (χ0n) is 6.67. The Morgan fingerprint density at radius 1 is 1.33 bits per heavy atom. The van der Waals surface area contributed by atoms with Crippen LogP contribution in [0, 0.1) is 0 Å². The maximum atomic E-state index is 10.8. The molecule has 5 heteroatoms. The highest BCUT2D eigenvalue weighted by Crippen LogP contribution is 2.17. The molecule has 0 aromatic rings. The summed E-state index contributed by atoms with van der Waals surface area (Å²) in [6, 6.07) is 0.473. The molecule has 1 rings (SSSR count). The van der Waals surface area contributed by atoms with Crippen molar-refractivity contribution in [3.63, 3.8) is 0 Å². The van der Waals surface area contributed by atoms with Crippen molar-refractivity contribution in [3.05, 3.63) is 0 Å². The van der Waals surface area contributed by atoms with Crippen molar-refractivity contribution < 1.29 is 14.7 Å². The van der Waals surface area contributed by atoms with Gasteiger partial charge in [0.1, 0.15) is 6.54 Å². The van der Waals surface area contributed by atoms with E-state index < -0.39 is 5.97 Å². The van der Waals surface area contributed by atoms with Gasteiger partial charge in [0, 0.05) is 6.04 Å². The lowest BCUT2D eigenvalue weighted by Crippen LogP contribution is -2.37. The van der Waals surface area contributed by atoms with Crippen molar-refractivity contribution >= 4 is 11.9 Å². The maximum absolute atomic E-state index is 10.8. The second-order valence-corrected chi connectivity index (χ2v) is 2.83. The highest BCUT2D eigenvalue weighted by Gasteiger charge is 2.20. The summed E-state index contributed by atoms with van der Waals surface area (Å²) in [7, 11) is 0. The lowest BCUT2D eigenvalue weighted by molar-refractivity contribution is -0.137. The van der Waals surface area contributed by atoms with Crippen molar-refractivity contribution in [1.29, 1.82) is 0 Å². The molecule has 1 amide bonds. The largest absolute Gasteiger partial charge is 0.480 e. The van der Waals surface area contributed by atoms with Crippen LogP contribution in [-0.4, -0.2) is 36.1 Å². The number of carbonyl (C=O) groups is 2. The SMILES string of the molecule is O=C(O)CNC(=O)CNC1CC1. The minimum Gasteiger partial charge on any atom is -0.480 e. The topological polar surface area (TPSA) is 78.4 Å². The van der Waals surface area contributed by atoms with Gasteiger partial charge in [-0.1, -0.05) is 0 Å². The average Bonchev–Trinajstić information content (AvgIpc) is 2.80. The van der Waals surface area contributed by atoms with Gasteiger partial charge in [-0.3, -0.25) is 9.59 Å². The predicted molar refractivity (Wildman–Crippen MR) is 41.7 cm³/mol. The van der Waals surface area contributed by atoms with E-state index in [1.54, 1.807) is 0 Å². The van der Waals surface area contributed by atoms with E-state index in [1.165, 1.54) is 0 Å². The van der Waals surface area contributed by atoms with Crippen molar-refractivity contribution in [2.24, 2.45) is 0 Å². The normalized spacial score (nSPS) is 15.7. The highest BCUT2D eigenvalue weighted by molar-refractivity contribution is 5.82. The van der Waals surface area contributed by atoms with E-state index in [2.05, 4.69) is 10.6 Å². The van der Waals surface area contributed by atoms with Gasteiger partial charge in [-0.05, 0) is 12.8 Å². The highest BCUT2D eigenvalue weighted by atomic mass is 16.4. The van der Waals surface area contributed by atoms with Crippen molar-refractivity contribution in [3.8, 4) is 0 Å². The minimum absolute atomic E-state index is 0.220. The van der Waals surface area contributed by atoms with Gasteiger partial charge in [0.2, 0.25) is 5.91 Å². The van der Waals surface area contributed by atoms with E-state index in [4.69, 9.17) is 5.11 Å². The monoisotopic (exact) mass is 172 g/mol. The van der Waals surface area contributed by atoms with Gasteiger partial charge < -0.3 is 15.7 Å². The lowest BCUT2D eigenvalue weighted by Gasteiger charge is -2.02. The zero-order chi connectivity index (χ0) is 8.97. The third-order valence-electron chi connectivity index (χ3n) is 1.57. The molecule has 0 heterocycles. The van der Waals surface area contributed by atoms with Crippen molar-refractivity contribution in [1.82, 2.24) is 10.6 Å². The van der Waals surface area contributed by atoms with Gasteiger partial charge in [0.25, 0.3) is 0 Å². The summed E-state index contributed by atoms with van der Waals surface area (Å²) >= 11 is 0. The number of rotatable bonds is 5. The Morgan fingerprint density at radius 2 is 2.00 bits per heavy atom. The van der Waals surface area contributed by atoms with Crippen LogP contribution in [0.2, 0.25) is 0 Å². The Morgan fingerprint density at radius 3 is 2.50 bits per heavy atom. The summed E-state index contributed by atoms with van der Waals surface area (Å²) in [4.78, 5) is 20.9. The summed E-state index contributed by atoms with van der Waals surface area (Å²) in [5.41, 5.74) is 0. The van der Waals surface area contributed by atoms with Crippen LogP contribution in [0.25, 0.3) is 0 Å². The number of carbonyl (C=O) groups excluding carboxylic acids is 1. The molecule has 3 N–H and O–H groups in total. The number of nitrogens with one attached hydrogen (secondary N) is 2. The van der Waals surface area contributed by atoms with E-state index in [0.29, 0.717) is 6.04 Å². The van der Waals surface area contributed by atoms with Crippen LogP contribution in [-0.2, 0) is 9.59 Å². The van der Waals surface area contributed by atoms with Crippen LogP contribution >= 0.6 is 0 Å². The lowest BCUT2D eigenvalue weighted by atomic mass is 10.5. The molecular formula is C7H12N2O3. The maximum Gasteiger partial charge on any atom is 0.322 e. The Balaban J connectivity index is 1.98. The van der Waals surface area contributed by atoms with Crippen molar-refractivity contribution in [2.45, 2.75) is 18.9 Å². The molecule has 0 aromatic carbocycles. The molecule has 68 valence electrons. The first-order chi connectivity index (χ1) is 5.68. The number of aliphatic carboxylic acids is 1. The Bertz CT molecular complexity index is 189. The number of carboxylic acid groups (broad SMARTS) is 1. The van der Waals surface area contributed by atoms with Gasteiger partial charge >= 0.3 is 5.97 Å². The number of amides is 1. The van der Waals surface area contributed by atoms with Crippen LogP contribution < -0.4 is 10.6 Å². The summed E-state index contributed by atoms with van der Waals surface area (Å²) in [6.45, 7) is -0.0802. The number of hydrogen-bond acceptors (Lipinski definition) is 3. The third-order valence-corrected chi connectivity index (χ3v) is 1.57. The van der Waals surface area contributed by atoms with Gasteiger partial charge in [-0.15, -0.1) is 0 Å². The van der Waals surface area contributed by atoms with E-state index in [0.717, 1.165) is 12.8 Å². The standard InChI is InChI=1S/C7H12N2O3/c10-6(9-4-7(11)12)3-8-5-1-2-5/h5,8H,1-4H2,(H,9,10)(H,11,12). The quantitative estimate of drug-likeness (QED) is 0.494. The van der Waals surface area contributed by atoms with Crippen LogP contribution in [0.15, 0.2) is 0 Å². The van der Waals surface area contributed by atoms with Gasteiger partial charge in [-0.25, -0.2) is 0 Å². The molecule has 0 aliphatic heterocycles. The Kier molecular flexibility index (Phi) is 3.04. The second kappa shape index (κ2) is 4.06. The van der Waals surface area contributed by atoms with E-state index in [9.17, 15) is 9.59 Å². The minimum atomic E-state index is -1.02. The molecule has 1 aliphatic rings.